The van der Waals surface area contributed by atoms with Gasteiger partial charge in [-0.2, -0.15) is 0 Å². The minimum Gasteiger partial charge on any atom is -0.406 e. The Kier molecular flexibility index (Phi) is 4.02. The van der Waals surface area contributed by atoms with Crippen LogP contribution in [0.1, 0.15) is 11.1 Å². The molecule has 2 aromatic rings. The molecule has 110 valence electrons. The summed E-state index contributed by atoms with van der Waals surface area (Å²) in [5, 5.41) is 0.532. The van der Waals surface area contributed by atoms with E-state index in [0.717, 1.165) is 5.56 Å². The fourth-order valence-corrected chi connectivity index (χ4v) is 2.24. The van der Waals surface area contributed by atoms with Gasteiger partial charge in [-0.05, 0) is 35.4 Å². The molecule has 3 rings (SSSR count). The number of hydrogen-bond acceptors (Lipinski definition) is 3. The van der Waals surface area contributed by atoms with Gasteiger partial charge in [-0.3, -0.25) is 0 Å². The Bertz CT molecular complexity index is 782. The molecule has 0 spiro atoms. The van der Waals surface area contributed by atoms with Crippen molar-refractivity contribution < 1.29 is 13.9 Å². The van der Waals surface area contributed by atoms with E-state index in [2.05, 4.69) is 4.99 Å². The smallest absolute Gasteiger partial charge is 0.363 e. The summed E-state index contributed by atoms with van der Waals surface area (Å²) in [6.45, 7) is 0. The van der Waals surface area contributed by atoms with Gasteiger partial charge in [0.2, 0.25) is 5.90 Å². The number of esters is 1. The maximum Gasteiger partial charge on any atom is 0.363 e. The molecular formula is C17H11ClFNO2. The maximum atomic E-state index is 12.9. The van der Waals surface area contributed by atoms with Crippen molar-refractivity contribution in [1.82, 2.24) is 0 Å². The van der Waals surface area contributed by atoms with Crippen LogP contribution in [0.2, 0.25) is 5.02 Å². The topological polar surface area (TPSA) is 38.7 Å². The molecule has 3 nitrogen and oxygen atoms in total. The van der Waals surface area contributed by atoms with E-state index in [1.807, 2.05) is 6.07 Å². The Morgan fingerprint density at radius 1 is 1.14 bits per heavy atom. The van der Waals surface area contributed by atoms with Crippen LogP contribution in [0.4, 0.5) is 4.39 Å². The Morgan fingerprint density at radius 3 is 2.59 bits per heavy atom. The standard InChI is InChI=1S/C17H11ClFNO2/c18-14-4-2-1-3-12(14)10-15-17(21)22-16(20-15)9-11-5-7-13(19)8-6-11/h1-8,10H,9H2/b15-10-. The first-order valence-corrected chi connectivity index (χ1v) is 7.00. The van der Waals surface area contributed by atoms with Crippen molar-refractivity contribution >= 4 is 29.5 Å². The Labute approximate surface area is 131 Å². The second-order valence-electron chi connectivity index (χ2n) is 4.75. The molecule has 0 bridgehead atoms. The lowest BCUT2D eigenvalue weighted by molar-refractivity contribution is -0.130. The minimum atomic E-state index is -0.517. The van der Waals surface area contributed by atoms with Crippen LogP contribution in [0.15, 0.2) is 59.2 Å². The van der Waals surface area contributed by atoms with Gasteiger partial charge in [0.25, 0.3) is 0 Å². The number of cyclic esters (lactones) is 1. The summed E-state index contributed by atoms with van der Waals surface area (Å²) in [5.74, 6) is -0.541. The van der Waals surface area contributed by atoms with E-state index in [9.17, 15) is 9.18 Å². The van der Waals surface area contributed by atoms with Gasteiger partial charge in [0.05, 0.1) is 0 Å². The molecule has 0 aliphatic carbocycles. The van der Waals surface area contributed by atoms with E-state index in [1.165, 1.54) is 12.1 Å². The number of aliphatic imine (C=N–C) groups is 1. The quantitative estimate of drug-likeness (QED) is 0.634. The highest BCUT2D eigenvalue weighted by Crippen LogP contribution is 2.22. The Morgan fingerprint density at radius 2 is 1.86 bits per heavy atom. The first-order chi connectivity index (χ1) is 10.6. The third-order valence-electron chi connectivity index (χ3n) is 3.13. The molecule has 0 saturated heterocycles. The predicted molar refractivity (Wildman–Crippen MR) is 83.1 cm³/mol. The van der Waals surface area contributed by atoms with Crippen molar-refractivity contribution in [2.24, 2.45) is 4.99 Å². The molecular weight excluding hydrogens is 305 g/mol. The summed E-state index contributed by atoms with van der Waals surface area (Å²) in [6, 6.07) is 13.1. The first kappa shape index (κ1) is 14.5. The zero-order valence-corrected chi connectivity index (χ0v) is 12.2. The SMILES string of the molecule is O=C1OC(Cc2ccc(F)cc2)=N/C1=C\c1ccccc1Cl. The molecule has 5 heteroatoms. The molecule has 0 aromatic heterocycles. The normalized spacial score (nSPS) is 15.8. The van der Waals surface area contributed by atoms with Gasteiger partial charge in [-0.1, -0.05) is 41.9 Å². The lowest BCUT2D eigenvalue weighted by Gasteiger charge is -1.99. The number of carbonyl (C=O) groups is 1. The van der Waals surface area contributed by atoms with Gasteiger partial charge < -0.3 is 4.74 Å². The van der Waals surface area contributed by atoms with Crippen LogP contribution in [0.3, 0.4) is 0 Å². The summed E-state index contributed by atoms with van der Waals surface area (Å²) in [7, 11) is 0. The van der Waals surface area contributed by atoms with Gasteiger partial charge in [-0.15, -0.1) is 0 Å². The van der Waals surface area contributed by atoms with Crippen LogP contribution in [0, 0.1) is 5.82 Å². The molecule has 0 unspecified atom stereocenters. The third-order valence-corrected chi connectivity index (χ3v) is 3.48. The molecule has 1 aliphatic heterocycles. The molecule has 22 heavy (non-hydrogen) atoms. The lowest BCUT2D eigenvalue weighted by Crippen LogP contribution is -2.06. The van der Waals surface area contributed by atoms with Crippen LogP contribution in [0.25, 0.3) is 6.08 Å². The fourth-order valence-electron chi connectivity index (χ4n) is 2.05. The van der Waals surface area contributed by atoms with Crippen molar-refractivity contribution in [3.8, 4) is 0 Å². The van der Waals surface area contributed by atoms with Gasteiger partial charge in [0.1, 0.15) is 5.82 Å². The van der Waals surface area contributed by atoms with E-state index >= 15 is 0 Å². The number of rotatable bonds is 3. The number of halogens is 2. The highest BCUT2D eigenvalue weighted by atomic mass is 35.5. The van der Waals surface area contributed by atoms with Crippen molar-refractivity contribution in [3.05, 3.63) is 76.2 Å². The Balaban J connectivity index is 1.82. The van der Waals surface area contributed by atoms with Crippen molar-refractivity contribution in [3.63, 3.8) is 0 Å². The number of carbonyl (C=O) groups excluding carboxylic acids is 1. The largest absolute Gasteiger partial charge is 0.406 e. The fraction of sp³-hybridized carbons (Fsp3) is 0.0588. The molecule has 0 fully saturated rings. The maximum absolute atomic E-state index is 12.9. The summed E-state index contributed by atoms with van der Waals surface area (Å²) in [6.07, 6.45) is 1.91. The van der Waals surface area contributed by atoms with E-state index in [1.54, 1.807) is 36.4 Å². The van der Waals surface area contributed by atoms with E-state index in [0.29, 0.717) is 17.0 Å². The predicted octanol–water partition coefficient (Wildman–Crippen LogP) is 4.02. The number of nitrogens with zero attached hydrogens (tertiary/aromatic N) is 1. The zero-order chi connectivity index (χ0) is 15.5. The van der Waals surface area contributed by atoms with Gasteiger partial charge >= 0.3 is 5.97 Å². The minimum absolute atomic E-state index is 0.199. The Hall–Kier alpha value is -2.46. The number of hydrogen-bond donors (Lipinski definition) is 0. The van der Waals surface area contributed by atoms with Crippen molar-refractivity contribution in [2.45, 2.75) is 6.42 Å². The highest BCUT2D eigenvalue weighted by molar-refractivity contribution is 6.32. The second kappa shape index (κ2) is 6.12. The van der Waals surface area contributed by atoms with Crippen LogP contribution in [0.5, 0.6) is 0 Å². The van der Waals surface area contributed by atoms with E-state index < -0.39 is 5.97 Å². The van der Waals surface area contributed by atoms with Gasteiger partial charge in [-0.25, -0.2) is 14.2 Å². The van der Waals surface area contributed by atoms with Crippen molar-refractivity contribution in [2.75, 3.05) is 0 Å². The summed E-state index contributed by atoms with van der Waals surface area (Å²) >= 11 is 6.05. The summed E-state index contributed by atoms with van der Waals surface area (Å²) in [4.78, 5) is 16.0. The average molecular weight is 316 g/mol. The molecule has 0 amide bonds. The van der Waals surface area contributed by atoms with Crippen molar-refractivity contribution in [1.29, 1.82) is 0 Å². The van der Waals surface area contributed by atoms with Gasteiger partial charge in [0.15, 0.2) is 5.70 Å². The lowest BCUT2D eigenvalue weighted by atomic mass is 10.1. The highest BCUT2D eigenvalue weighted by Gasteiger charge is 2.23. The van der Waals surface area contributed by atoms with E-state index in [4.69, 9.17) is 16.3 Å². The van der Waals surface area contributed by atoms with Crippen LogP contribution < -0.4 is 0 Å². The van der Waals surface area contributed by atoms with Crippen LogP contribution in [-0.2, 0) is 16.0 Å². The first-order valence-electron chi connectivity index (χ1n) is 6.62. The molecule has 2 aromatic carbocycles. The van der Waals surface area contributed by atoms with Crippen LogP contribution >= 0.6 is 11.6 Å². The monoisotopic (exact) mass is 315 g/mol. The third kappa shape index (κ3) is 3.23. The van der Waals surface area contributed by atoms with Crippen LogP contribution in [-0.4, -0.2) is 11.9 Å². The molecule has 1 heterocycles. The second-order valence-corrected chi connectivity index (χ2v) is 5.16. The summed E-state index contributed by atoms with van der Waals surface area (Å²) in [5.41, 5.74) is 1.71. The molecule has 0 atom stereocenters. The molecule has 1 aliphatic rings. The average Bonchev–Trinajstić information content (AvgIpc) is 2.84. The zero-order valence-electron chi connectivity index (χ0n) is 11.4. The number of ether oxygens (including phenoxy) is 1. The van der Waals surface area contributed by atoms with Gasteiger partial charge in [0, 0.05) is 11.4 Å². The number of benzene rings is 2. The van der Waals surface area contributed by atoms with E-state index in [-0.39, 0.29) is 17.4 Å². The summed E-state index contributed by atoms with van der Waals surface area (Å²) < 4.78 is 18.0. The molecule has 0 N–H and O–H groups in total. The molecule has 0 radical (unpaired) electrons. The molecule has 0 saturated carbocycles.